The predicted molar refractivity (Wildman–Crippen MR) is 152 cm³/mol. The van der Waals surface area contributed by atoms with Crippen molar-refractivity contribution in [2.24, 2.45) is 5.92 Å². The molecule has 1 atom stereocenters. The molecular weight excluding hydrogens is 520 g/mol. The number of aryl methyl sites for hydroxylation is 1. The number of hydrogen-bond acceptors (Lipinski definition) is 11. The minimum Gasteiger partial charge on any atom is -0.494 e. The van der Waals surface area contributed by atoms with Crippen molar-refractivity contribution in [3.05, 3.63) is 28.9 Å². The lowest BCUT2D eigenvalue weighted by Gasteiger charge is -2.37. The highest BCUT2D eigenvalue weighted by Crippen LogP contribution is 2.42. The van der Waals surface area contributed by atoms with Crippen LogP contribution in [-0.4, -0.2) is 101 Å². The van der Waals surface area contributed by atoms with E-state index in [0.29, 0.717) is 11.7 Å². The zero-order valence-corrected chi connectivity index (χ0v) is 23.6. The highest BCUT2D eigenvalue weighted by atomic mass is 32.1. The van der Waals surface area contributed by atoms with E-state index >= 15 is 0 Å². The lowest BCUT2D eigenvalue weighted by molar-refractivity contribution is -0.137. The van der Waals surface area contributed by atoms with Gasteiger partial charge in [0.25, 0.3) is 0 Å². The molecule has 0 spiro atoms. The number of likely N-dealkylation sites (N-methyl/N-ethyl adjacent to an activating group) is 1. The fourth-order valence-corrected chi connectivity index (χ4v) is 7.26. The normalized spacial score (nSPS) is 18.3. The summed E-state index contributed by atoms with van der Waals surface area (Å²) in [6.45, 7) is 5.67. The molecule has 1 aliphatic heterocycles. The van der Waals surface area contributed by atoms with Crippen LogP contribution in [0.15, 0.2) is 18.5 Å². The minimum absolute atomic E-state index is 0.0367. The summed E-state index contributed by atoms with van der Waals surface area (Å²) in [6, 6.07) is 3.89. The smallest absolute Gasteiger partial charge is 0.226 e. The van der Waals surface area contributed by atoms with Gasteiger partial charge in [0, 0.05) is 56.1 Å². The van der Waals surface area contributed by atoms with E-state index in [2.05, 4.69) is 53.7 Å². The average molecular weight is 553 g/mol. The topological polar surface area (TPSA) is 99.6 Å². The van der Waals surface area contributed by atoms with E-state index in [1.165, 1.54) is 22.0 Å². The molecule has 1 fully saturated rings. The highest BCUT2D eigenvalue weighted by molar-refractivity contribution is 7.19. The molecule has 1 aromatic carbocycles. The summed E-state index contributed by atoms with van der Waals surface area (Å²) < 4.78 is 10.6. The second kappa shape index (κ2) is 10.7. The van der Waals surface area contributed by atoms with E-state index < -0.39 is 0 Å². The number of ether oxygens (including phenoxy) is 1. The number of nitrogens with one attached hydrogen (secondary N) is 1. The molecular formula is C26H32N8O2S2. The number of thiophene rings is 1. The summed E-state index contributed by atoms with van der Waals surface area (Å²) in [5.74, 6) is 1.80. The third-order valence-corrected chi connectivity index (χ3v) is 9.41. The molecule has 4 aromatic rings. The summed E-state index contributed by atoms with van der Waals surface area (Å²) >= 11 is 3.04. The zero-order chi connectivity index (χ0) is 26.2. The monoisotopic (exact) mass is 552 g/mol. The van der Waals surface area contributed by atoms with Gasteiger partial charge in [-0.15, -0.1) is 16.4 Å². The van der Waals surface area contributed by atoms with Gasteiger partial charge in [0.15, 0.2) is 0 Å². The predicted octanol–water partition coefficient (Wildman–Crippen LogP) is 3.26. The van der Waals surface area contributed by atoms with Crippen LogP contribution in [0.3, 0.4) is 0 Å². The first-order valence-corrected chi connectivity index (χ1v) is 14.6. The largest absolute Gasteiger partial charge is 0.494 e. The van der Waals surface area contributed by atoms with E-state index in [0.717, 1.165) is 90.5 Å². The number of benzene rings is 1. The number of anilines is 2. The first kappa shape index (κ1) is 25.4. The van der Waals surface area contributed by atoms with Gasteiger partial charge in [-0.25, -0.2) is 9.97 Å². The Balaban J connectivity index is 1.19. The lowest BCUT2D eigenvalue weighted by atomic mass is 9.86. The van der Waals surface area contributed by atoms with Crippen molar-refractivity contribution in [1.29, 1.82) is 0 Å². The van der Waals surface area contributed by atoms with Crippen LogP contribution in [0.5, 0.6) is 5.75 Å². The number of fused-ring (bicyclic) bond motifs is 4. The first-order valence-electron chi connectivity index (χ1n) is 13.0. The van der Waals surface area contributed by atoms with Gasteiger partial charge in [0.2, 0.25) is 5.91 Å². The Hall–Kier alpha value is -2.93. The quantitative estimate of drug-likeness (QED) is 0.370. The lowest BCUT2D eigenvalue weighted by Crippen LogP contribution is -2.51. The Bertz CT molecular complexity index is 1460. The van der Waals surface area contributed by atoms with Gasteiger partial charge in [-0.3, -0.25) is 9.69 Å². The number of rotatable bonds is 7. The van der Waals surface area contributed by atoms with Crippen molar-refractivity contribution in [1.82, 2.24) is 34.3 Å². The molecule has 0 bridgehead atoms. The van der Waals surface area contributed by atoms with Crippen molar-refractivity contribution in [2.75, 3.05) is 65.8 Å². The number of hydrogen-bond donors (Lipinski definition) is 1. The fraction of sp³-hybridized carbons (Fsp3) is 0.500. The summed E-state index contributed by atoms with van der Waals surface area (Å²) in [5.41, 5.74) is 2.90. The molecule has 3 aromatic heterocycles. The Kier molecular flexibility index (Phi) is 7.12. The molecule has 0 saturated carbocycles. The van der Waals surface area contributed by atoms with Crippen LogP contribution in [0.4, 0.5) is 11.5 Å². The van der Waals surface area contributed by atoms with Crippen molar-refractivity contribution in [3.8, 4) is 5.75 Å². The minimum atomic E-state index is 0.0367. The van der Waals surface area contributed by atoms with Gasteiger partial charge in [0.05, 0.1) is 22.9 Å². The van der Waals surface area contributed by atoms with Gasteiger partial charge < -0.3 is 19.9 Å². The Morgan fingerprint density at radius 3 is 2.84 bits per heavy atom. The molecule has 0 unspecified atom stereocenters. The van der Waals surface area contributed by atoms with E-state index in [9.17, 15) is 4.79 Å². The van der Waals surface area contributed by atoms with E-state index in [-0.39, 0.29) is 5.92 Å². The molecule has 1 aliphatic carbocycles. The molecule has 2 aliphatic rings. The van der Waals surface area contributed by atoms with Gasteiger partial charge >= 0.3 is 0 Å². The van der Waals surface area contributed by atoms with Crippen molar-refractivity contribution in [3.63, 3.8) is 0 Å². The number of carbonyl (C=O) groups excluding carboxylic acids is 1. The summed E-state index contributed by atoms with van der Waals surface area (Å²) in [7, 11) is 5.85. The summed E-state index contributed by atoms with van der Waals surface area (Å²) in [4.78, 5) is 31.6. The third-order valence-electron chi connectivity index (χ3n) is 7.56. The second-order valence-corrected chi connectivity index (χ2v) is 12.1. The van der Waals surface area contributed by atoms with Crippen molar-refractivity contribution in [2.45, 2.75) is 19.3 Å². The van der Waals surface area contributed by atoms with Gasteiger partial charge in [-0.1, -0.05) is 4.49 Å². The number of piperazine rings is 1. The fourth-order valence-electron chi connectivity index (χ4n) is 5.41. The number of amides is 1. The molecule has 1 saturated heterocycles. The molecule has 200 valence electrons. The van der Waals surface area contributed by atoms with Crippen molar-refractivity contribution < 1.29 is 9.53 Å². The number of carbonyl (C=O) groups is 1. The van der Waals surface area contributed by atoms with Gasteiger partial charge in [-0.2, -0.15) is 0 Å². The standard InChI is InChI=1S/C26H32N8O2S2/c1-32(2)6-7-33-8-10-34(11-9-33)26(35)16-4-5-17-21(12-16)37-25-23(17)24(27-15-28-25)29-18-14-22-19(30-31-38-22)13-20(18)36-3/h13-16H,4-12H2,1-3H3,(H,27,28,29)/t16-/m0/s1. The van der Waals surface area contributed by atoms with Crippen LogP contribution in [0, 0.1) is 5.92 Å². The second-order valence-electron chi connectivity index (χ2n) is 10.2. The molecule has 0 radical (unpaired) electrons. The number of nitrogens with zero attached hydrogens (tertiary/aromatic N) is 7. The maximum absolute atomic E-state index is 13.5. The third kappa shape index (κ3) is 4.93. The van der Waals surface area contributed by atoms with Gasteiger partial charge in [0.1, 0.15) is 28.2 Å². The van der Waals surface area contributed by atoms with Crippen molar-refractivity contribution >= 4 is 60.7 Å². The SMILES string of the molecule is COc1cc2nnsc2cc1Nc1ncnc2sc3c(c12)CC[C@H](C(=O)N1CCN(CCN(C)C)CC1)C3. The first-order chi connectivity index (χ1) is 18.5. The molecule has 4 heterocycles. The maximum atomic E-state index is 13.5. The van der Waals surface area contributed by atoms with Crippen LogP contribution in [-0.2, 0) is 17.6 Å². The molecule has 1 amide bonds. The van der Waals surface area contributed by atoms with Crippen LogP contribution < -0.4 is 10.1 Å². The Labute approximate surface area is 229 Å². The van der Waals surface area contributed by atoms with Crippen LogP contribution in [0.1, 0.15) is 16.9 Å². The molecule has 6 rings (SSSR count). The Morgan fingerprint density at radius 1 is 1.21 bits per heavy atom. The molecule has 12 heteroatoms. The van der Waals surface area contributed by atoms with E-state index in [1.54, 1.807) is 24.8 Å². The number of aromatic nitrogens is 4. The number of methoxy groups -OCH3 is 1. The highest BCUT2D eigenvalue weighted by Gasteiger charge is 2.33. The van der Waals surface area contributed by atoms with E-state index in [4.69, 9.17) is 4.74 Å². The Morgan fingerprint density at radius 2 is 2.05 bits per heavy atom. The average Bonchev–Trinajstić information content (AvgIpc) is 3.55. The molecule has 1 N–H and O–H groups in total. The van der Waals surface area contributed by atoms with Crippen LogP contribution in [0.25, 0.3) is 20.4 Å². The maximum Gasteiger partial charge on any atom is 0.226 e. The molecule has 10 nitrogen and oxygen atoms in total. The van der Waals surface area contributed by atoms with Crippen LogP contribution >= 0.6 is 22.9 Å². The molecule has 38 heavy (non-hydrogen) atoms. The summed E-state index contributed by atoms with van der Waals surface area (Å²) in [6.07, 6.45) is 4.09. The van der Waals surface area contributed by atoms with Gasteiger partial charge in [-0.05, 0) is 56.5 Å². The zero-order valence-electron chi connectivity index (χ0n) is 21.9. The van der Waals surface area contributed by atoms with E-state index in [1.807, 2.05) is 12.1 Å². The summed E-state index contributed by atoms with van der Waals surface area (Å²) in [5, 5.41) is 8.69. The van der Waals surface area contributed by atoms with Crippen LogP contribution in [0.2, 0.25) is 0 Å².